The predicted octanol–water partition coefficient (Wildman–Crippen LogP) is 1.01. The fraction of sp³-hybridized carbons (Fsp3) is 0.294. The lowest BCUT2D eigenvalue weighted by Crippen LogP contribution is -2.35. The Balaban J connectivity index is 1.58. The Kier molecular flexibility index (Phi) is 4.05. The molecular formula is C17H16N6O2S. The topological polar surface area (TPSA) is 103 Å². The van der Waals surface area contributed by atoms with Gasteiger partial charge in [-0.3, -0.25) is 0 Å². The molecule has 132 valence electrons. The number of sulfonamides is 1. The molecule has 4 rings (SSSR count). The minimum absolute atomic E-state index is 0.265. The normalized spacial score (nSPS) is 18.7. The van der Waals surface area contributed by atoms with Crippen molar-refractivity contribution in [1.82, 2.24) is 14.9 Å². The minimum atomic E-state index is -3.62. The van der Waals surface area contributed by atoms with Crippen LogP contribution in [0.5, 0.6) is 0 Å². The molecule has 0 atom stereocenters. The number of hydrogen-bond acceptors (Lipinski definition) is 7. The highest BCUT2D eigenvalue weighted by Crippen LogP contribution is 2.28. The second kappa shape index (κ2) is 6.38. The van der Waals surface area contributed by atoms with Crippen molar-refractivity contribution in [3.8, 4) is 6.07 Å². The highest BCUT2D eigenvalue weighted by Gasteiger charge is 2.32. The van der Waals surface area contributed by atoms with Crippen molar-refractivity contribution in [1.29, 1.82) is 5.26 Å². The van der Waals surface area contributed by atoms with Crippen molar-refractivity contribution in [2.75, 3.05) is 31.1 Å². The Labute approximate surface area is 151 Å². The molecule has 0 amide bonds. The largest absolute Gasteiger partial charge is 0.354 e. The lowest BCUT2D eigenvalue weighted by molar-refractivity contribution is 0.449. The van der Waals surface area contributed by atoms with Gasteiger partial charge in [-0.05, 0) is 24.6 Å². The number of amidine groups is 1. The van der Waals surface area contributed by atoms with Crippen LogP contribution in [-0.4, -0.2) is 55.3 Å². The molecule has 0 bridgehead atoms. The van der Waals surface area contributed by atoms with Gasteiger partial charge in [0.1, 0.15) is 16.7 Å². The number of aromatic nitrogens is 2. The summed E-state index contributed by atoms with van der Waals surface area (Å²) in [6.45, 7) is 2.64. The van der Waals surface area contributed by atoms with Gasteiger partial charge in [-0.15, -0.1) is 4.40 Å². The summed E-state index contributed by atoms with van der Waals surface area (Å²) in [6, 6.07) is 10.5. The average Bonchev–Trinajstić information content (AvgIpc) is 2.81. The van der Waals surface area contributed by atoms with E-state index in [-0.39, 0.29) is 4.90 Å². The number of anilines is 1. The lowest BCUT2D eigenvalue weighted by atomic mass is 10.2. The number of nitriles is 1. The highest BCUT2D eigenvalue weighted by atomic mass is 32.2. The summed E-state index contributed by atoms with van der Waals surface area (Å²) in [7, 11) is -3.62. The van der Waals surface area contributed by atoms with E-state index in [4.69, 9.17) is 5.26 Å². The minimum Gasteiger partial charge on any atom is -0.354 e. The predicted molar refractivity (Wildman–Crippen MR) is 95.3 cm³/mol. The van der Waals surface area contributed by atoms with Gasteiger partial charge >= 0.3 is 0 Å². The van der Waals surface area contributed by atoms with Gasteiger partial charge in [0.25, 0.3) is 10.0 Å². The Morgan fingerprint density at radius 1 is 1.04 bits per heavy atom. The zero-order valence-corrected chi connectivity index (χ0v) is 14.7. The molecule has 0 spiro atoms. The molecule has 1 aromatic carbocycles. The summed E-state index contributed by atoms with van der Waals surface area (Å²) in [5.41, 5.74) is 0.986. The van der Waals surface area contributed by atoms with Gasteiger partial charge in [-0.2, -0.15) is 13.7 Å². The maximum absolute atomic E-state index is 12.3. The van der Waals surface area contributed by atoms with Gasteiger partial charge < -0.3 is 9.80 Å². The highest BCUT2D eigenvalue weighted by molar-refractivity contribution is 7.90. The Morgan fingerprint density at radius 2 is 1.81 bits per heavy atom. The molecule has 2 aliphatic rings. The van der Waals surface area contributed by atoms with Crippen LogP contribution in [0.15, 0.2) is 45.8 Å². The molecule has 0 aliphatic carbocycles. The number of fused-ring (bicyclic) bond motifs is 1. The molecule has 1 saturated heterocycles. The first-order valence-corrected chi connectivity index (χ1v) is 9.70. The first-order valence-electron chi connectivity index (χ1n) is 8.26. The van der Waals surface area contributed by atoms with Gasteiger partial charge in [0.15, 0.2) is 5.84 Å². The molecular weight excluding hydrogens is 352 g/mol. The third-order valence-corrected chi connectivity index (χ3v) is 5.77. The Morgan fingerprint density at radius 3 is 2.65 bits per heavy atom. The Hall–Kier alpha value is -2.99. The zero-order chi connectivity index (χ0) is 18.1. The second-order valence-electron chi connectivity index (χ2n) is 6.07. The smallest absolute Gasteiger partial charge is 0.285 e. The van der Waals surface area contributed by atoms with Crippen LogP contribution in [0.25, 0.3) is 0 Å². The summed E-state index contributed by atoms with van der Waals surface area (Å²) in [6.07, 6.45) is 2.38. The van der Waals surface area contributed by atoms with Crippen LogP contribution in [0.2, 0.25) is 0 Å². The van der Waals surface area contributed by atoms with Crippen LogP contribution in [0.3, 0.4) is 0 Å². The molecule has 0 radical (unpaired) electrons. The van der Waals surface area contributed by atoms with Crippen LogP contribution >= 0.6 is 0 Å². The third kappa shape index (κ3) is 2.88. The van der Waals surface area contributed by atoms with Gasteiger partial charge in [0.2, 0.25) is 5.95 Å². The first kappa shape index (κ1) is 16.5. The molecule has 0 unspecified atom stereocenters. The van der Waals surface area contributed by atoms with E-state index in [1.807, 2.05) is 21.9 Å². The summed E-state index contributed by atoms with van der Waals surface area (Å²) in [4.78, 5) is 12.8. The van der Waals surface area contributed by atoms with Crippen molar-refractivity contribution in [3.05, 3.63) is 47.8 Å². The summed E-state index contributed by atoms with van der Waals surface area (Å²) in [5, 5.41) is 9.00. The van der Waals surface area contributed by atoms with E-state index in [2.05, 4.69) is 14.4 Å². The third-order valence-electron chi connectivity index (χ3n) is 4.45. The van der Waals surface area contributed by atoms with Crippen LogP contribution < -0.4 is 4.90 Å². The van der Waals surface area contributed by atoms with Crippen LogP contribution in [0.4, 0.5) is 5.95 Å². The number of hydrogen-bond donors (Lipinski definition) is 0. The van der Waals surface area contributed by atoms with Crippen LogP contribution in [0, 0.1) is 11.3 Å². The molecule has 1 aromatic heterocycles. The summed E-state index contributed by atoms with van der Waals surface area (Å²) in [5.74, 6) is 1.03. The second-order valence-corrected chi connectivity index (χ2v) is 7.64. The first-order chi connectivity index (χ1) is 12.6. The van der Waals surface area contributed by atoms with Crippen molar-refractivity contribution < 1.29 is 8.42 Å². The molecule has 3 heterocycles. The molecule has 8 nitrogen and oxygen atoms in total. The van der Waals surface area contributed by atoms with Crippen molar-refractivity contribution in [2.24, 2.45) is 4.40 Å². The van der Waals surface area contributed by atoms with E-state index in [0.29, 0.717) is 42.7 Å². The van der Waals surface area contributed by atoms with Crippen LogP contribution in [0.1, 0.15) is 17.7 Å². The monoisotopic (exact) mass is 368 g/mol. The van der Waals surface area contributed by atoms with Crippen LogP contribution in [-0.2, 0) is 10.0 Å². The van der Waals surface area contributed by atoms with Gasteiger partial charge in [-0.25, -0.2) is 9.97 Å². The average molecular weight is 368 g/mol. The van der Waals surface area contributed by atoms with E-state index in [1.54, 1.807) is 30.5 Å². The fourth-order valence-electron chi connectivity index (χ4n) is 3.21. The maximum atomic E-state index is 12.3. The van der Waals surface area contributed by atoms with E-state index in [0.717, 1.165) is 13.0 Å². The molecule has 9 heteroatoms. The zero-order valence-electron chi connectivity index (χ0n) is 13.9. The van der Waals surface area contributed by atoms with E-state index >= 15 is 0 Å². The van der Waals surface area contributed by atoms with Gasteiger partial charge in [0, 0.05) is 37.9 Å². The fourth-order valence-corrected chi connectivity index (χ4v) is 4.44. The van der Waals surface area contributed by atoms with Crippen molar-refractivity contribution in [2.45, 2.75) is 11.3 Å². The summed E-state index contributed by atoms with van der Waals surface area (Å²) >= 11 is 0. The number of nitrogens with zero attached hydrogens (tertiary/aromatic N) is 6. The van der Waals surface area contributed by atoms with Gasteiger partial charge in [-0.1, -0.05) is 12.1 Å². The molecule has 0 N–H and O–H groups in total. The molecule has 0 saturated carbocycles. The quantitative estimate of drug-likeness (QED) is 0.740. The number of benzene rings is 1. The van der Waals surface area contributed by atoms with E-state index in [1.165, 1.54) is 0 Å². The number of rotatable bonds is 1. The molecule has 2 aliphatic heterocycles. The van der Waals surface area contributed by atoms with E-state index in [9.17, 15) is 8.42 Å². The molecule has 2 aromatic rings. The van der Waals surface area contributed by atoms with Crippen molar-refractivity contribution >= 4 is 21.8 Å². The SMILES string of the molecule is N#Cc1ccnc(N2CCCN(C3=NS(=O)(=O)c4ccccc43)CC2)n1. The molecule has 26 heavy (non-hydrogen) atoms. The van der Waals surface area contributed by atoms with E-state index < -0.39 is 10.0 Å². The maximum Gasteiger partial charge on any atom is 0.285 e. The lowest BCUT2D eigenvalue weighted by Gasteiger charge is -2.23. The molecule has 1 fully saturated rings. The van der Waals surface area contributed by atoms with Gasteiger partial charge in [0.05, 0.1) is 0 Å². The standard InChI is InChI=1S/C17H16N6O2S/c18-12-13-6-7-19-17(20-13)23-9-3-8-22(10-11-23)16-14-4-1-2-5-15(14)26(24,25)21-16/h1-2,4-7H,3,8-11H2. The van der Waals surface area contributed by atoms with Crippen molar-refractivity contribution in [3.63, 3.8) is 0 Å². The Bertz CT molecular complexity index is 1030. The summed E-state index contributed by atoms with van der Waals surface area (Å²) < 4.78 is 28.5.